The van der Waals surface area contributed by atoms with Crippen molar-refractivity contribution in [2.45, 2.75) is 41.5 Å². The maximum absolute atomic E-state index is 13.4. The molecule has 5 rings (SSSR count). The Morgan fingerprint density at radius 1 is 1.21 bits per heavy atom. The number of nitrogens with zero attached hydrogens (tertiary/aromatic N) is 4. The number of para-hydroxylation sites is 1. The van der Waals surface area contributed by atoms with Gasteiger partial charge in [0, 0.05) is 42.8 Å². The van der Waals surface area contributed by atoms with Crippen molar-refractivity contribution in [1.29, 1.82) is 0 Å². The van der Waals surface area contributed by atoms with E-state index in [4.69, 9.17) is 0 Å². The Bertz CT molecular complexity index is 924. The van der Waals surface area contributed by atoms with Gasteiger partial charge in [-0.05, 0) is 37.5 Å². The first-order chi connectivity index (χ1) is 13.7. The second-order valence-electron chi connectivity index (χ2n) is 7.39. The van der Waals surface area contributed by atoms with E-state index in [2.05, 4.69) is 20.2 Å². The SMILES string of the molecule is O=C1CCC2(C(=O)NC3CCCN(c4ncccn4)C3)Sc3ccccc3N12. The molecule has 7 nitrogen and oxygen atoms in total. The predicted octanol–water partition coefficient (Wildman–Crippen LogP) is 2.19. The molecule has 28 heavy (non-hydrogen) atoms. The smallest absolute Gasteiger partial charge is 0.257 e. The predicted molar refractivity (Wildman–Crippen MR) is 107 cm³/mol. The molecule has 0 radical (unpaired) electrons. The minimum Gasteiger partial charge on any atom is -0.349 e. The van der Waals surface area contributed by atoms with Crippen LogP contribution in [-0.2, 0) is 9.59 Å². The average molecular weight is 395 g/mol. The number of aromatic nitrogens is 2. The van der Waals surface area contributed by atoms with Crippen molar-refractivity contribution in [3.05, 3.63) is 42.7 Å². The van der Waals surface area contributed by atoms with E-state index in [1.54, 1.807) is 23.4 Å². The van der Waals surface area contributed by atoms with Crippen LogP contribution >= 0.6 is 11.8 Å². The normalized spacial score (nSPS) is 26.1. The molecule has 1 aromatic carbocycles. The molecule has 0 saturated carbocycles. The fourth-order valence-corrected chi connectivity index (χ4v) is 5.75. The lowest BCUT2D eigenvalue weighted by Crippen LogP contribution is -2.57. The molecule has 1 aromatic heterocycles. The zero-order valence-electron chi connectivity index (χ0n) is 15.4. The molecule has 0 bridgehead atoms. The molecule has 4 heterocycles. The van der Waals surface area contributed by atoms with Gasteiger partial charge in [0.1, 0.15) is 0 Å². The van der Waals surface area contributed by atoms with Crippen LogP contribution in [0, 0.1) is 0 Å². The Hall–Kier alpha value is -2.61. The molecule has 144 valence electrons. The van der Waals surface area contributed by atoms with Crippen LogP contribution in [0.1, 0.15) is 25.7 Å². The number of hydrogen-bond donors (Lipinski definition) is 1. The first kappa shape index (κ1) is 17.5. The molecule has 2 unspecified atom stereocenters. The van der Waals surface area contributed by atoms with E-state index >= 15 is 0 Å². The van der Waals surface area contributed by atoms with E-state index in [1.807, 2.05) is 24.3 Å². The molecule has 1 N–H and O–H groups in total. The Balaban J connectivity index is 1.35. The highest BCUT2D eigenvalue weighted by molar-refractivity contribution is 8.02. The minimum absolute atomic E-state index is 0.0151. The van der Waals surface area contributed by atoms with Gasteiger partial charge in [0.2, 0.25) is 11.9 Å². The summed E-state index contributed by atoms with van der Waals surface area (Å²) in [5, 5.41) is 3.23. The summed E-state index contributed by atoms with van der Waals surface area (Å²) in [6.45, 7) is 1.56. The lowest BCUT2D eigenvalue weighted by molar-refractivity contribution is -0.125. The summed E-state index contributed by atoms with van der Waals surface area (Å²) < 4.78 is 0. The summed E-state index contributed by atoms with van der Waals surface area (Å²) in [4.78, 5) is 38.6. The molecule has 2 atom stereocenters. The van der Waals surface area contributed by atoms with Crippen molar-refractivity contribution in [3.63, 3.8) is 0 Å². The van der Waals surface area contributed by atoms with Crippen LogP contribution in [0.5, 0.6) is 0 Å². The second kappa shape index (κ2) is 6.77. The molecule has 2 fully saturated rings. The highest BCUT2D eigenvalue weighted by atomic mass is 32.2. The zero-order chi connectivity index (χ0) is 19.1. The summed E-state index contributed by atoms with van der Waals surface area (Å²) in [5.41, 5.74) is 0.855. The van der Waals surface area contributed by atoms with Crippen LogP contribution in [0.25, 0.3) is 0 Å². The van der Waals surface area contributed by atoms with Crippen LogP contribution in [-0.4, -0.2) is 45.8 Å². The van der Waals surface area contributed by atoms with Gasteiger partial charge in [-0.2, -0.15) is 0 Å². The van der Waals surface area contributed by atoms with Crippen LogP contribution in [0.15, 0.2) is 47.6 Å². The number of hydrogen-bond acceptors (Lipinski definition) is 6. The van der Waals surface area contributed by atoms with E-state index in [0.29, 0.717) is 25.3 Å². The van der Waals surface area contributed by atoms with Crippen molar-refractivity contribution in [3.8, 4) is 0 Å². The largest absolute Gasteiger partial charge is 0.349 e. The quantitative estimate of drug-likeness (QED) is 0.858. The highest BCUT2D eigenvalue weighted by Gasteiger charge is 2.57. The third kappa shape index (κ3) is 2.74. The van der Waals surface area contributed by atoms with Crippen molar-refractivity contribution in [2.75, 3.05) is 22.9 Å². The van der Waals surface area contributed by atoms with Gasteiger partial charge in [0.05, 0.1) is 5.69 Å². The van der Waals surface area contributed by atoms with Crippen LogP contribution < -0.4 is 15.1 Å². The van der Waals surface area contributed by atoms with Crippen molar-refractivity contribution >= 4 is 35.2 Å². The van der Waals surface area contributed by atoms with Gasteiger partial charge in [0.25, 0.3) is 5.91 Å². The fraction of sp³-hybridized carbons (Fsp3) is 0.400. The standard InChI is InChI=1S/C20H21N5O2S/c26-17-8-9-20(25(17)15-6-1-2-7-16(15)28-20)18(27)23-14-5-3-12-24(13-14)19-21-10-4-11-22-19/h1-2,4,6-7,10-11,14H,3,5,8-9,12-13H2,(H,23,27). The van der Waals surface area contributed by atoms with Crippen molar-refractivity contribution < 1.29 is 9.59 Å². The topological polar surface area (TPSA) is 78.4 Å². The van der Waals surface area contributed by atoms with Gasteiger partial charge in [-0.25, -0.2) is 9.97 Å². The lowest BCUT2D eigenvalue weighted by atomic mass is 10.0. The Labute approximate surface area is 167 Å². The number of piperidine rings is 1. The average Bonchev–Trinajstić information content (AvgIpc) is 3.25. The number of thioether (sulfide) groups is 1. The molecule has 3 aliphatic heterocycles. The van der Waals surface area contributed by atoms with Gasteiger partial charge in [0.15, 0.2) is 4.87 Å². The van der Waals surface area contributed by atoms with Crippen LogP contribution in [0.4, 0.5) is 11.6 Å². The first-order valence-corrected chi connectivity index (χ1v) is 10.4. The monoisotopic (exact) mass is 395 g/mol. The molecule has 0 spiro atoms. The molecule has 2 saturated heterocycles. The molecule has 2 amide bonds. The second-order valence-corrected chi connectivity index (χ2v) is 8.71. The van der Waals surface area contributed by atoms with E-state index in [9.17, 15) is 9.59 Å². The maximum atomic E-state index is 13.4. The van der Waals surface area contributed by atoms with Crippen molar-refractivity contribution in [2.24, 2.45) is 0 Å². The van der Waals surface area contributed by atoms with E-state index in [1.165, 1.54) is 11.8 Å². The first-order valence-electron chi connectivity index (χ1n) is 9.61. The molecule has 3 aliphatic rings. The maximum Gasteiger partial charge on any atom is 0.257 e. The summed E-state index contributed by atoms with van der Waals surface area (Å²) >= 11 is 1.51. The zero-order valence-corrected chi connectivity index (χ0v) is 16.2. The number of carbonyl (C=O) groups excluding carboxylic acids is 2. The highest BCUT2D eigenvalue weighted by Crippen LogP contribution is 2.55. The number of anilines is 2. The molecule has 8 heteroatoms. The third-order valence-corrected chi connectivity index (χ3v) is 7.09. The van der Waals surface area contributed by atoms with Crippen LogP contribution in [0.3, 0.4) is 0 Å². The van der Waals surface area contributed by atoms with E-state index in [-0.39, 0.29) is 17.9 Å². The molecular weight excluding hydrogens is 374 g/mol. The lowest BCUT2D eigenvalue weighted by Gasteiger charge is -2.36. The number of amides is 2. The van der Waals surface area contributed by atoms with Crippen LogP contribution in [0.2, 0.25) is 0 Å². The minimum atomic E-state index is -0.855. The summed E-state index contributed by atoms with van der Waals surface area (Å²) in [5.74, 6) is 0.649. The van der Waals surface area contributed by atoms with E-state index < -0.39 is 4.87 Å². The van der Waals surface area contributed by atoms with Gasteiger partial charge < -0.3 is 10.2 Å². The van der Waals surface area contributed by atoms with Gasteiger partial charge >= 0.3 is 0 Å². The van der Waals surface area contributed by atoms with Gasteiger partial charge in [-0.3, -0.25) is 14.5 Å². The van der Waals surface area contributed by atoms with Gasteiger partial charge in [-0.15, -0.1) is 0 Å². The fourth-order valence-electron chi connectivity index (χ4n) is 4.33. The molecular formula is C20H21N5O2S. The number of carbonyl (C=O) groups is 2. The number of rotatable bonds is 3. The van der Waals surface area contributed by atoms with Crippen molar-refractivity contribution in [1.82, 2.24) is 15.3 Å². The summed E-state index contributed by atoms with van der Waals surface area (Å²) in [7, 11) is 0. The number of nitrogens with one attached hydrogen (secondary N) is 1. The number of fused-ring (bicyclic) bond motifs is 3. The molecule has 2 aromatic rings. The molecule has 0 aliphatic carbocycles. The number of benzene rings is 1. The Morgan fingerprint density at radius 2 is 2.04 bits per heavy atom. The Morgan fingerprint density at radius 3 is 2.89 bits per heavy atom. The Kier molecular flexibility index (Phi) is 4.23. The summed E-state index contributed by atoms with van der Waals surface area (Å²) in [6, 6.07) is 9.58. The third-order valence-electron chi connectivity index (χ3n) is 5.62. The summed E-state index contributed by atoms with van der Waals surface area (Å²) in [6.07, 6.45) is 6.29. The van der Waals surface area contributed by atoms with Gasteiger partial charge in [-0.1, -0.05) is 23.9 Å². The van der Waals surface area contributed by atoms with E-state index in [0.717, 1.165) is 30.0 Å².